The number of carbonyl (C=O) groups is 1. The topological polar surface area (TPSA) is 60.2 Å². The molecule has 0 saturated heterocycles. The van der Waals surface area contributed by atoms with Crippen molar-refractivity contribution < 1.29 is 9.72 Å². The number of Topliss-reactive ketones (excluding diaryl/α,β-unsaturated/α-hetero) is 1. The van der Waals surface area contributed by atoms with Gasteiger partial charge < -0.3 is 0 Å². The molecule has 0 radical (unpaired) electrons. The van der Waals surface area contributed by atoms with Crippen LogP contribution in [-0.2, 0) is 4.79 Å². The highest BCUT2D eigenvalue weighted by Crippen LogP contribution is 2.80. The summed E-state index contributed by atoms with van der Waals surface area (Å²) >= 11 is 0. The molecule has 0 bridgehead atoms. The van der Waals surface area contributed by atoms with Crippen LogP contribution in [0.3, 0.4) is 0 Å². The van der Waals surface area contributed by atoms with E-state index in [0.29, 0.717) is 11.7 Å². The first-order valence-electron chi connectivity index (χ1n) is 6.96. The molecule has 0 aliphatic heterocycles. The Kier molecular flexibility index (Phi) is 6.96. The van der Waals surface area contributed by atoms with Crippen LogP contribution in [-0.4, -0.2) is 17.8 Å². The van der Waals surface area contributed by atoms with Gasteiger partial charge in [-0.05, 0) is 23.7 Å². The first kappa shape index (κ1) is 20.4. The van der Waals surface area contributed by atoms with E-state index in [2.05, 4.69) is 41.5 Å². The lowest BCUT2D eigenvalue weighted by atomic mass is 9.83. The number of hydrogen-bond acceptors (Lipinski definition) is 3. The molecule has 0 aromatic heterocycles. The minimum atomic E-state index is -0.500. The normalized spacial score (nSPS) is 30.5. The number of hydrogen-bond donors (Lipinski definition) is 0. The van der Waals surface area contributed by atoms with Crippen molar-refractivity contribution in [2.24, 2.45) is 22.2 Å². The molecular formula is C15H31NO3. The minimum Gasteiger partial charge on any atom is -0.299 e. The van der Waals surface area contributed by atoms with Crippen molar-refractivity contribution >= 4 is 5.78 Å². The first-order chi connectivity index (χ1) is 8.37. The van der Waals surface area contributed by atoms with Gasteiger partial charge in [-0.15, -0.1) is 0 Å². The van der Waals surface area contributed by atoms with Crippen molar-refractivity contribution in [3.63, 3.8) is 0 Å². The van der Waals surface area contributed by atoms with Gasteiger partial charge in [-0.3, -0.25) is 14.9 Å². The van der Waals surface area contributed by atoms with Crippen molar-refractivity contribution in [2.45, 2.75) is 62.3 Å². The van der Waals surface area contributed by atoms with Crippen molar-refractivity contribution in [3.8, 4) is 0 Å². The molecule has 1 rings (SSSR count). The summed E-state index contributed by atoms with van der Waals surface area (Å²) in [6.45, 7) is 19.0. The summed E-state index contributed by atoms with van der Waals surface area (Å²) < 4.78 is 0. The highest BCUT2D eigenvalue weighted by atomic mass is 16.6. The zero-order chi connectivity index (χ0) is 16.2. The van der Waals surface area contributed by atoms with Crippen LogP contribution in [0.4, 0.5) is 0 Å². The van der Waals surface area contributed by atoms with E-state index in [4.69, 9.17) is 10.1 Å². The predicted octanol–water partition coefficient (Wildman–Crippen LogP) is 4.20. The minimum absolute atomic E-state index is 0.117. The van der Waals surface area contributed by atoms with E-state index in [1.807, 2.05) is 13.8 Å². The molecule has 4 nitrogen and oxygen atoms in total. The summed E-state index contributed by atoms with van der Waals surface area (Å²) in [6, 6.07) is 0. The van der Waals surface area contributed by atoms with Crippen LogP contribution in [0.1, 0.15) is 62.3 Å². The molecule has 19 heavy (non-hydrogen) atoms. The maximum atomic E-state index is 11.7. The number of nitrogens with zero attached hydrogens (tertiary/aromatic N) is 1. The van der Waals surface area contributed by atoms with Crippen LogP contribution >= 0.6 is 0 Å². The van der Waals surface area contributed by atoms with Gasteiger partial charge in [0.2, 0.25) is 0 Å². The predicted molar refractivity (Wildman–Crippen MR) is 79.8 cm³/mol. The molecular weight excluding hydrogens is 242 g/mol. The number of carbonyl (C=O) groups excluding carboxylic acids is 1. The molecule has 0 aromatic rings. The van der Waals surface area contributed by atoms with Gasteiger partial charge in [0.25, 0.3) is 0 Å². The fourth-order valence-corrected chi connectivity index (χ4v) is 3.49. The fraction of sp³-hybridized carbons (Fsp3) is 0.933. The van der Waals surface area contributed by atoms with Gasteiger partial charge in [-0.2, -0.15) is 0 Å². The molecule has 1 aliphatic carbocycles. The summed E-state index contributed by atoms with van der Waals surface area (Å²) in [4.78, 5) is 20.0. The summed E-state index contributed by atoms with van der Waals surface area (Å²) in [5.41, 5.74) is 0.208. The Morgan fingerprint density at radius 2 is 1.37 bits per heavy atom. The van der Waals surface area contributed by atoms with Gasteiger partial charge in [-0.1, -0.05) is 55.4 Å². The van der Waals surface area contributed by atoms with E-state index in [-0.39, 0.29) is 16.2 Å². The summed E-state index contributed by atoms with van der Waals surface area (Å²) in [5.74, 6) is 0.908. The third-order valence-corrected chi connectivity index (χ3v) is 5.38. The standard InChI is InChI=1S/C12H22O.C2H6.CH3NO2/c1-8(2)11(6)10(4,5)12(11,7)9(3)13;1-2;1-2(3)4/h8H,1-7H3;1-2H3;1H3. The van der Waals surface area contributed by atoms with Crippen LogP contribution in [0, 0.1) is 32.3 Å². The molecule has 2 atom stereocenters. The third kappa shape index (κ3) is 2.98. The summed E-state index contributed by atoms with van der Waals surface area (Å²) in [7, 11) is 0.889. The van der Waals surface area contributed by atoms with Gasteiger partial charge in [0.1, 0.15) is 5.78 Å². The van der Waals surface area contributed by atoms with Crippen molar-refractivity contribution in [3.05, 3.63) is 10.1 Å². The molecule has 1 aliphatic rings. The van der Waals surface area contributed by atoms with E-state index in [1.54, 1.807) is 6.92 Å². The molecule has 0 heterocycles. The lowest BCUT2D eigenvalue weighted by Crippen LogP contribution is -2.20. The van der Waals surface area contributed by atoms with Crippen LogP contribution in [0.2, 0.25) is 0 Å². The molecule has 0 spiro atoms. The van der Waals surface area contributed by atoms with Crippen LogP contribution < -0.4 is 0 Å². The first-order valence-corrected chi connectivity index (χ1v) is 6.96. The second-order valence-electron chi connectivity index (χ2n) is 6.10. The number of rotatable bonds is 2. The molecule has 4 heteroatoms. The van der Waals surface area contributed by atoms with Gasteiger partial charge in [-0.25, -0.2) is 0 Å². The average Bonchev–Trinajstić information content (AvgIpc) is 2.63. The lowest BCUT2D eigenvalue weighted by Gasteiger charge is -2.20. The smallest absolute Gasteiger partial charge is 0.194 e. The van der Waals surface area contributed by atoms with Gasteiger partial charge in [0, 0.05) is 10.3 Å². The Hall–Kier alpha value is -0.930. The third-order valence-electron chi connectivity index (χ3n) is 5.38. The van der Waals surface area contributed by atoms with Gasteiger partial charge in [0.15, 0.2) is 7.05 Å². The molecule has 1 saturated carbocycles. The van der Waals surface area contributed by atoms with E-state index < -0.39 is 4.92 Å². The average molecular weight is 273 g/mol. The van der Waals surface area contributed by atoms with E-state index in [1.165, 1.54) is 0 Å². The lowest BCUT2D eigenvalue weighted by molar-refractivity contribution is -0.445. The van der Waals surface area contributed by atoms with Gasteiger partial charge >= 0.3 is 0 Å². The Morgan fingerprint density at radius 1 is 1.11 bits per heavy atom. The van der Waals surface area contributed by atoms with Crippen molar-refractivity contribution in [2.75, 3.05) is 7.05 Å². The molecule has 0 aromatic carbocycles. The van der Waals surface area contributed by atoms with Crippen LogP contribution in [0.15, 0.2) is 0 Å². The van der Waals surface area contributed by atoms with E-state index in [0.717, 1.165) is 7.05 Å². The Labute approximate surface area is 118 Å². The summed E-state index contributed by atoms with van der Waals surface area (Å²) in [5, 5.41) is 8.81. The quantitative estimate of drug-likeness (QED) is 0.559. The SMILES string of the molecule is CC.CC(=O)C1(C)C(C)(C)C1(C)C(C)C.C[N+](=O)[O-]. The highest BCUT2D eigenvalue weighted by Gasteiger charge is 2.79. The molecule has 114 valence electrons. The molecule has 0 amide bonds. The number of nitro groups is 1. The second-order valence-corrected chi connectivity index (χ2v) is 6.10. The van der Waals surface area contributed by atoms with Crippen LogP contribution in [0.5, 0.6) is 0 Å². The highest BCUT2D eigenvalue weighted by molar-refractivity contribution is 5.88. The Bertz CT molecular complexity index is 332. The molecule has 0 N–H and O–H groups in total. The zero-order valence-corrected chi connectivity index (χ0v) is 14.2. The van der Waals surface area contributed by atoms with Crippen LogP contribution in [0.25, 0.3) is 0 Å². The van der Waals surface area contributed by atoms with Gasteiger partial charge in [0.05, 0.1) is 0 Å². The number of ketones is 1. The monoisotopic (exact) mass is 273 g/mol. The second kappa shape index (κ2) is 6.49. The summed E-state index contributed by atoms with van der Waals surface area (Å²) in [6.07, 6.45) is 0. The van der Waals surface area contributed by atoms with E-state index in [9.17, 15) is 4.79 Å². The zero-order valence-electron chi connectivity index (χ0n) is 14.2. The Balaban J connectivity index is 0. The Morgan fingerprint density at radius 3 is 1.42 bits per heavy atom. The fourth-order valence-electron chi connectivity index (χ4n) is 3.49. The molecule has 2 unspecified atom stereocenters. The largest absolute Gasteiger partial charge is 0.299 e. The van der Waals surface area contributed by atoms with Crippen molar-refractivity contribution in [1.82, 2.24) is 0 Å². The van der Waals surface area contributed by atoms with Crippen molar-refractivity contribution in [1.29, 1.82) is 0 Å². The maximum absolute atomic E-state index is 11.7. The van der Waals surface area contributed by atoms with E-state index >= 15 is 0 Å². The maximum Gasteiger partial charge on any atom is 0.194 e. The molecule has 1 fully saturated rings.